The minimum atomic E-state index is 0. The van der Waals surface area contributed by atoms with Crippen molar-refractivity contribution in [3.63, 3.8) is 0 Å². The zero-order chi connectivity index (χ0) is 21.7. The fourth-order valence-electron chi connectivity index (χ4n) is 3.30. The van der Waals surface area contributed by atoms with Gasteiger partial charge in [0.15, 0.2) is 0 Å². The van der Waals surface area contributed by atoms with Gasteiger partial charge in [0.2, 0.25) is 0 Å². The second kappa shape index (κ2) is 14.7. The molecule has 170 valence electrons. The average Bonchev–Trinajstić information content (AvgIpc) is 3.31. The minimum Gasteiger partial charge on any atom is -1.00 e. The SMILES string of the molecule is CC(C)(C)c1ccc2c(c1)[cH-]c1cc(C(C)(C)C)ccc12.C[Si]C.[C-]1=CC=CC1.[Cl-].[Cl-].[Zr+4]. The van der Waals surface area contributed by atoms with Crippen LogP contribution in [0.1, 0.15) is 59.1 Å². The zero-order valence-corrected chi connectivity index (χ0v) is 25.7. The number of hydrogen-bond acceptors (Lipinski definition) is 0. The molecule has 3 aromatic rings. The molecule has 0 heterocycles. The molecule has 0 aliphatic heterocycles. The molecule has 0 nitrogen and oxygen atoms in total. The van der Waals surface area contributed by atoms with E-state index in [0.29, 0.717) is 0 Å². The molecule has 32 heavy (non-hydrogen) atoms. The third-order valence-electron chi connectivity index (χ3n) is 5.02. The number of allylic oxidation sites excluding steroid dienone is 4. The second-order valence-electron chi connectivity index (χ2n) is 9.75. The monoisotopic (exact) mass is 560 g/mol. The van der Waals surface area contributed by atoms with E-state index < -0.39 is 0 Å². The topological polar surface area (TPSA) is 0 Å². The zero-order valence-electron chi connectivity index (χ0n) is 20.7. The summed E-state index contributed by atoms with van der Waals surface area (Å²) in [6.07, 6.45) is 10.0. The molecule has 3 aromatic carbocycles. The van der Waals surface area contributed by atoms with Crippen molar-refractivity contribution < 1.29 is 51.0 Å². The fourth-order valence-corrected chi connectivity index (χ4v) is 3.30. The van der Waals surface area contributed by atoms with E-state index >= 15 is 0 Å². The van der Waals surface area contributed by atoms with Crippen molar-refractivity contribution in [3.05, 3.63) is 77.9 Å². The standard InChI is InChI=1S/C21H25.C5H5.C2H6Si.2ClH.Zr/c1-20(2,3)16-7-9-18-14(12-16)11-15-13-17(21(4,5)6)8-10-19(15)18;1-2-4-5-3-1;1-3-2;;;/h7-13H,1-6H3;1-3H,4H2;1-2H3;2*1H;/q2*-1;;;;+4/p-2. The van der Waals surface area contributed by atoms with Crippen LogP contribution in [0, 0.1) is 6.08 Å². The van der Waals surface area contributed by atoms with Crippen LogP contribution >= 0.6 is 0 Å². The van der Waals surface area contributed by atoms with E-state index in [9.17, 15) is 0 Å². The summed E-state index contributed by atoms with van der Waals surface area (Å²) in [7, 11) is 1.08. The summed E-state index contributed by atoms with van der Waals surface area (Å²) in [6, 6.07) is 16.2. The van der Waals surface area contributed by atoms with Crippen molar-refractivity contribution in [1.29, 1.82) is 0 Å². The molecule has 0 unspecified atom stereocenters. The Morgan fingerprint density at radius 1 is 0.781 bits per heavy atom. The molecular weight excluding hydrogens is 527 g/mol. The van der Waals surface area contributed by atoms with Crippen molar-refractivity contribution in [2.75, 3.05) is 0 Å². The summed E-state index contributed by atoms with van der Waals surface area (Å²) >= 11 is 0. The Hall–Kier alpha value is -0.530. The van der Waals surface area contributed by atoms with Crippen LogP contribution in [-0.4, -0.2) is 9.52 Å². The average molecular weight is 563 g/mol. The van der Waals surface area contributed by atoms with Crippen LogP contribution in [0.3, 0.4) is 0 Å². The second-order valence-corrected chi connectivity index (χ2v) is 10.8. The summed E-state index contributed by atoms with van der Waals surface area (Å²) in [6.45, 7) is 17.9. The Morgan fingerprint density at radius 3 is 1.44 bits per heavy atom. The molecule has 0 bridgehead atoms. The summed E-state index contributed by atoms with van der Waals surface area (Å²) in [5.41, 5.74) is 3.21. The van der Waals surface area contributed by atoms with Gasteiger partial charge in [-0.1, -0.05) is 90.0 Å². The minimum absolute atomic E-state index is 0. The first-order valence-electron chi connectivity index (χ1n) is 10.5. The Kier molecular flexibility index (Phi) is 15.4. The molecule has 0 spiro atoms. The van der Waals surface area contributed by atoms with Gasteiger partial charge in [-0.2, -0.15) is 6.08 Å². The maximum atomic E-state index is 2.99. The van der Waals surface area contributed by atoms with Crippen LogP contribution in [0.15, 0.2) is 60.7 Å². The Bertz CT molecular complexity index is 924. The molecule has 0 aromatic heterocycles. The number of rotatable bonds is 0. The van der Waals surface area contributed by atoms with Gasteiger partial charge in [0, 0.05) is 9.52 Å². The van der Waals surface area contributed by atoms with Crippen LogP contribution in [-0.2, 0) is 37.0 Å². The maximum Gasteiger partial charge on any atom is 4.00 e. The van der Waals surface area contributed by atoms with Gasteiger partial charge in [-0.3, -0.25) is 6.08 Å². The van der Waals surface area contributed by atoms with Crippen LogP contribution < -0.4 is 24.8 Å². The molecule has 0 N–H and O–H groups in total. The maximum absolute atomic E-state index is 2.99. The van der Waals surface area contributed by atoms with E-state index in [1.54, 1.807) is 0 Å². The van der Waals surface area contributed by atoms with Crippen molar-refractivity contribution in [2.24, 2.45) is 0 Å². The van der Waals surface area contributed by atoms with Gasteiger partial charge in [-0.25, -0.2) is 12.2 Å². The van der Waals surface area contributed by atoms with E-state index in [1.165, 1.54) is 32.7 Å². The predicted octanol–water partition coefficient (Wildman–Crippen LogP) is 2.40. The largest absolute Gasteiger partial charge is 4.00 e. The molecule has 1 aliphatic carbocycles. The van der Waals surface area contributed by atoms with Crippen LogP contribution in [0.4, 0.5) is 0 Å². The third-order valence-corrected chi connectivity index (χ3v) is 5.02. The van der Waals surface area contributed by atoms with Crippen molar-refractivity contribution in [2.45, 2.75) is 71.9 Å². The fraction of sp³-hybridized carbons (Fsp3) is 0.393. The third kappa shape index (κ3) is 9.38. The van der Waals surface area contributed by atoms with E-state index in [1.807, 2.05) is 12.2 Å². The smallest absolute Gasteiger partial charge is 1.00 e. The number of benzene rings is 2. The van der Waals surface area contributed by atoms with Crippen molar-refractivity contribution in [3.8, 4) is 0 Å². The molecule has 2 radical (unpaired) electrons. The van der Waals surface area contributed by atoms with Gasteiger partial charge in [0.05, 0.1) is 0 Å². The molecular formula is C28H36Cl2SiZr. The van der Waals surface area contributed by atoms with Gasteiger partial charge in [0.25, 0.3) is 0 Å². The van der Waals surface area contributed by atoms with E-state index in [4.69, 9.17) is 0 Å². The van der Waals surface area contributed by atoms with E-state index in [0.717, 1.165) is 15.9 Å². The van der Waals surface area contributed by atoms with Crippen molar-refractivity contribution >= 4 is 31.1 Å². The summed E-state index contributed by atoms with van der Waals surface area (Å²) < 4.78 is 0. The summed E-state index contributed by atoms with van der Waals surface area (Å²) in [4.78, 5) is 0. The first-order chi connectivity index (χ1) is 13.6. The first-order valence-corrected chi connectivity index (χ1v) is 12.5. The molecule has 0 atom stereocenters. The van der Waals surface area contributed by atoms with Crippen LogP contribution in [0.25, 0.3) is 21.5 Å². The van der Waals surface area contributed by atoms with Gasteiger partial charge >= 0.3 is 26.2 Å². The number of fused-ring (bicyclic) bond motifs is 3. The van der Waals surface area contributed by atoms with Gasteiger partial charge in [0.1, 0.15) is 0 Å². The molecule has 0 saturated carbocycles. The molecule has 0 saturated heterocycles. The van der Waals surface area contributed by atoms with E-state index in [2.05, 4.69) is 109 Å². The van der Waals surface area contributed by atoms with Crippen LogP contribution in [0.2, 0.25) is 13.1 Å². The van der Waals surface area contributed by atoms with Gasteiger partial charge < -0.3 is 24.8 Å². The molecule has 0 amide bonds. The summed E-state index contributed by atoms with van der Waals surface area (Å²) in [5, 5.41) is 5.48. The molecule has 0 fully saturated rings. The normalized spacial score (nSPS) is 12.0. The summed E-state index contributed by atoms with van der Waals surface area (Å²) in [5.74, 6) is 0. The Morgan fingerprint density at radius 2 is 1.19 bits per heavy atom. The molecule has 4 rings (SSSR count). The molecule has 4 heteroatoms. The number of halogens is 2. The quantitative estimate of drug-likeness (QED) is 0.292. The predicted molar refractivity (Wildman–Crippen MR) is 133 cm³/mol. The van der Waals surface area contributed by atoms with Gasteiger partial charge in [-0.05, 0) is 10.8 Å². The van der Waals surface area contributed by atoms with Crippen molar-refractivity contribution in [1.82, 2.24) is 0 Å². The number of hydrogen-bond donors (Lipinski definition) is 0. The Balaban J connectivity index is 0. The van der Waals surface area contributed by atoms with E-state index in [-0.39, 0.29) is 61.8 Å². The Labute approximate surface area is 230 Å². The van der Waals surface area contributed by atoms with Gasteiger partial charge in [-0.15, -0.1) is 46.2 Å². The first kappa shape index (κ1) is 33.6. The molecule has 1 aliphatic rings. The van der Waals surface area contributed by atoms with Crippen LogP contribution in [0.5, 0.6) is 0 Å².